The molecule has 1 heterocycles. The first kappa shape index (κ1) is 24.0. The van der Waals surface area contributed by atoms with Gasteiger partial charge >= 0.3 is 0 Å². The Bertz CT molecular complexity index is 1250. The molecule has 0 fully saturated rings. The van der Waals surface area contributed by atoms with Gasteiger partial charge in [-0.1, -0.05) is 29.8 Å². The van der Waals surface area contributed by atoms with Crippen molar-refractivity contribution in [1.82, 2.24) is 0 Å². The third kappa shape index (κ3) is 5.51. The zero-order chi connectivity index (χ0) is 23.8. The molecule has 2 N–H and O–H groups in total. The Labute approximate surface area is 222 Å². The van der Waals surface area contributed by atoms with Crippen molar-refractivity contribution in [2.45, 2.75) is 32.8 Å². The van der Waals surface area contributed by atoms with Gasteiger partial charge in [0, 0.05) is 69.2 Å². The second kappa shape index (κ2) is 10.9. The monoisotopic (exact) mass is 472 g/mol. The van der Waals surface area contributed by atoms with E-state index >= 15 is 0 Å². The number of carbonyl (C=O) groups is 2. The number of rotatable bonds is 3. The van der Waals surface area contributed by atoms with Gasteiger partial charge in [0.15, 0.2) is 0 Å². The number of amides is 2. The second-order valence-corrected chi connectivity index (χ2v) is 8.40. The summed E-state index contributed by atoms with van der Waals surface area (Å²) in [7, 11) is 0. The van der Waals surface area contributed by atoms with Crippen LogP contribution in [0.15, 0.2) is 60.7 Å². The van der Waals surface area contributed by atoms with Gasteiger partial charge in [0.2, 0.25) is 0 Å². The smallest absolute Gasteiger partial charge is 0.258 e. The van der Waals surface area contributed by atoms with Crippen molar-refractivity contribution in [3.63, 3.8) is 0 Å². The van der Waals surface area contributed by atoms with Crippen LogP contribution >= 0.6 is 11.6 Å². The summed E-state index contributed by atoms with van der Waals surface area (Å²) in [6.07, 6.45) is -1.14. The molecule has 1 atom stereocenters. The van der Waals surface area contributed by atoms with Gasteiger partial charge in [0.1, 0.15) is 0 Å². The van der Waals surface area contributed by atoms with Gasteiger partial charge < -0.3 is 15.3 Å². The van der Waals surface area contributed by atoms with Crippen LogP contribution in [0.3, 0.4) is 0 Å². The van der Waals surface area contributed by atoms with Crippen molar-refractivity contribution >= 4 is 64.3 Å². The largest absolute Gasteiger partial charge is 0.388 e. The van der Waals surface area contributed by atoms with E-state index in [0.717, 1.165) is 5.56 Å². The maximum absolute atomic E-state index is 13.5. The molecule has 1 aliphatic heterocycles. The fourth-order valence-electron chi connectivity index (χ4n) is 4.00. The minimum atomic E-state index is -1.81. The van der Waals surface area contributed by atoms with Crippen molar-refractivity contribution in [3.05, 3.63) is 93.5 Å². The molecule has 165 valence electrons. The molecule has 1 radical (unpaired) electrons. The average Bonchev–Trinajstić information content (AvgIpc) is 2.89. The molecule has 0 spiro atoms. The quantitative estimate of drug-likeness (QED) is 0.508. The van der Waals surface area contributed by atoms with Crippen LogP contribution < -0.4 is 10.2 Å². The normalized spacial score (nSPS) is 17.8. The van der Waals surface area contributed by atoms with E-state index in [2.05, 4.69) is 5.32 Å². The van der Waals surface area contributed by atoms with Crippen LogP contribution in [-0.2, 0) is 0 Å². The average molecular weight is 473 g/mol. The predicted octanol–water partition coefficient (Wildman–Crippen LogP) is 5.30. The summed E-state index contributed by atoms with van der Waals surface area (Å²) in [5.74, 6) is -0.440. The summed E-state index contributed by atoms with van der Waals surface area (Å²) in [6, 6.07) is 17.4. The number of carbonyl (C=O) groups excluding carboxylic acids is 2. The summed E-state index contributed by atoms with van der Waals surface area (Å²) in [5.41, 5.74) is 4.08. The van der Waals surface area contributed by atoms with Gasteiger partial charge in [0.05, 0.1) is 7.45 Å². The zero-order valence-electron chi connectivity index (χ0n) is 20.0. The SMILES string of the molecule is [2H]C1(O)CCCN(C(=O)c2ccc(NC(=O)c3ccccc3C)cc2C)c2ccc(Cl)cc21.[Na]. The molecule has 0 aliphatic carbocycles. The zero-order valence-corrected chi connectivity index (χ0v) is 21.7. The summed E-state index contributed by atoms with van der Waals surface area (Å²) in [5, 5.41) is 13.9. The van der Waals surface area contributed by atoms with Gasteiger partial charge in [-0.05, 0) is 80.3 Å². The number of hydrogen-bond acceptors (Lipinski definition) is 3. The maximum atomic E-state index is 13.5. The third-order valence-corrected chi connectivity index (χ3v) is 5.94. The van der Waals surface area contributed by atoms with Crippen LogP contribution in [0.5, 0.6) is 0 Å². The third-order valence-electron chi connectivity index (χ3n) is 5.71. The Morgan fingerprint density at radius 3 is 2.55 bits per heavy atom. The predicted molar refractivity (Wildman–Crippen MR) is 133 cm³/mol. The van der Waals surface area contributed by atoms with E-state index < -0.39 is 6.08 Å². The van der Waals surface area contributed by atoms with E-state index in [4.69, 9.17) is 13.0 Å². The number of aryl methyl sites for hydroxylation is 2. The number of benzene rings is 3. The molecule has 7 heteroatoms. The summed E-state index contributed by atoms with van der Waals surface area (Å²) >= 11 is 6.11. The van der Waals surface area contributed by atoms with Crippen molar-refractivity contribution in [3.8, 4) is 0 Å². The summed E-state index contributed by atoms with van der Waals surface area (Å²) < 4.78 is 8.32. The number of hydrogen-bond donors (Lipinski definition) is 2. The van der Waals surface area contributed by atoms with E-state index in [-0.39, 0.29) is 47.8 Å². The topological polar surface area (TPSA) is 69.6 Å². The Balaban J connectivity index is 0.00000324. The molecule has 2 amide bonds. The van der Waals surface area contributed by atoms with Gasteiger partial charge in [-0.15, -0.1) is 0 Å². The Hall–Kier alpha value is -2.15. The molecular weight excluding hydrogens is 447 g/mol. The fourth-order valence-corrected chi connectivity index (χ4v) is 4.17. The Morgan fingerprint density at radius 1 is 1.06 bits per heavy atom. The van der Waals surface area contributed by atoms with Crippen molar-refractivity contribution < 1.29 is 16.1 Å². The van der Waals surface area contributed by atoms with E-state index in [9.17, 15) is 14.7 Å². The van der Waals surface area contributed by atoms with E-state index in [0.29, 0.717) is 51.6 Å². The number of nitrogens with zero attached hydrogens (tertiary/aromatic N) is 1. The number of halogens is 1. The molecule has 5 nitrogen and oxygen atoms in total. The Kier molecular flexibility index (Phi) is 7.89. The van der Waals surface area contributed by atoms with Crippen LogP contribution in [-0.4, -0.2) is 53.0 Å². The molecule has 4 rings (SSSR count). The fraction of sp³-hybridized carbons (Fsp3) is 0.231. The molecule has 1 unspecified atom stereocenters. The van der Waals surface area contributed by atoms with Gasteiger partial charge in [-0.2, -0.15) is 0 Å². The first-order chi connectivity index (χ1) is 15.7. The molecule has 0 bridgehead atoms. The van der Waals surface area contributed by atoms with Crippen molar-refractivity contribution in [1.29, 1.82) is 0 Å². The van der Waals surface area contributed by atoms with Crippen LogP contribution in [0.4, 0.5) is 11.4 Å². The van der Waals surface area contributed by atoms with Crippen LogP contribution in [0.1, 0.15) is 57.7 Å². The molecule has 3 aromatic carbocycles. The summed E-state index contributed by atoms with van der Waals surface area (Å²) in [6.45, 7) is 4.07. The van der Waals surface area contributed by atoms with Crippen molar-refractivity contribution in [2.75, 3.05) is 16.8 Å². The van der Waals surface area contributed by atoms with Crippen LogP contribution in [0, 0.1) is 13.8 Å². The number of nitrogens with one attached hydrogen (secondary N) is 1. The summed E-state index contributed by atoms with van der Waals surface area (Å²) in [4.78, 5) is 27.7. The van der Waals surface area contributed by atoms with Gasteiger partial charge in [-0.25, -0.2) is 0 Å². The van der Waals surface area contributed by atoms with Gasteiger partial charge in [-0.3, -0.25) is 9.59 Å². The minimum absolute atomic E-state index is 0. The number of anilines is 2. The van der Waals surface area contributed by atoms with Crippen LogP contribution in [0.2, 0.25) is 5.02 Å². The van der Waals surface area contributed by atoms with Crippen LogP contribution in [0.25, 0.3) is 0 Å². The molecule has 0 saturated carbocycles. The standard InChI is InChI=1S/C26H25ClN2O3.Na/c1-16-6-3-4-7-20(16)25(31)28-19-10-11-21(17(2)14-19)26(32)29-13-5-8-24(30)22-15-18(27)9-12-23(22)29;/h3-4,6-7,9-12,14-15,24,30H,5,8,13H2,1-2H3,(H,28,31);/i24D;. The first-order valence-electron chi connectivity index (χ1n) is 11.0. The molecule has 33 heavy (non-hydrogen) atoms. The van der Waals surface area contributed by atoms with E-state index in [1.54, 1.807) is 47.4 Å². The molecule has 3 aromatic rings. The maximum Gasteiger partial charge on any atom is 0.258 e. The van der Waals surface area contributed by atoms with E-state index in [1.165, 1.54) is 0 Å². The molecule has 1 aliphatic rings. The molecule has 0 aromatic heterocycles. The second-order valence-electron chi connectivity index (χ2n) is 7.97. The minimum Gasteiger partial charge on any atom is -0.388 e. The van der Waals surface area contributed by atoms with Gasteiger partial charge in [0.25, 0.3) is 11.8 Å². The Morgan fingerprint density at radius 2 is 1.82 bits per heavy atom. The van der Waals surface area contributed by atoms with Crippen molar-refractivity contribution in [2.24, 2.45) is 0 Å². The molecular formula is C26H25ClN2NaO3. The number of fused-ring (bicyclic) bond motifs is 1. The van der Waals surface area contributed by atoms with E-state index in [1.807, 2.05) is 32.0 Å². The molecule has 0 saturated heterocycles. The number of aliphatic hydroxyl groups is 1. The first-order valence-corrected chi connectivity index (χ1v) is 10.9.